The van der Waals surface area contributed by atoms with Gasteiger partial charge in [-0.25, -0.2) is 4.79 Å². The van der Waals surface area contributed by atoms with Crippen LogP contribution >= 0.6 is 0 Å². The van der Waals surface area contributed by atoms with E-state index < -0.39 is 12.1 Å². The SMILES string of the molecule is COCCCOC(=O)C(O)CCN. The highest BCUT2D eigenvalue weighted by Gasteiger charge is 2.14. The summed E-state index contributed by atoms with van der Waals surface area (Å²) in [4.78, 5) is 10.9. The molecular weight excluding hydrogens is 174 g/mol. The van der Waals surface area contributed by atoms with Crippen molar-refractivity contribution >= 4 is 5.97 Å². The average Bonchev–Trinajstić information content (AvgIpc) is 2.12. The van der Waals surface area contributed by atoms with E-state index in [1.165, 1.54) is 0 Å². The number of esters is 1. The van der Waals surface area contributed by atoms with E-state index in [1.807, 2.05) is 0 Å². The van der Waals surface area contributed by atoms with Crippen LogP contribution in [0.5, 0.6) is 0 Å². The smallest absolute Gasteiger partial charge is 0.335 e. The fourth-order valence-electron chi connectivity index (χ4n) is 0.748. The highest BCUT2D eigenvalue weighted by atomic mass is 16.5. The highest BCUT2D eigenvalue weighted by molar-refractivity contribution is 5.74. The minimum atomic E-state index is -1.09. The Balaban J connectivity index is 3.38. The molecule has 0 aliphatic rings. The van der Waals surface area contributed by atoms with Gasteiger partial charge in [0.1, 0.15) is 0 Å². The van der Waals surface area contributed by atoms with Gasteiger partial charge in [-0.2, -0.15) is 0 Å². The van der Waals surface area contributed by atoms with Crippen LogP contribution in [-0.4, -0.2) is 44.0 Å². The molecule has 1 unspecified atom stereocenters. The zero-order valence-corrected chi connectivity index (χ0v) is 7.86. The first-order valence-electron chi connectivity index (χ1n) is 4.26. The zero-order valence-electron chi connectivity index (χ0n) is 7.86. The molecule has 0 aliphatic carbocycles. The number of methoxy groups -OCH3 is 1. The molecule has 13 heavy (non-hydrogen) atoms. The van der Waals surface area contributed by atoms with Crippen molar-refractivity contribution in [2.45, 2.75) is 18.9 Å². The van der Waals surface area contributed by atoms with E-state index in [-0.39, 0.29) is 19.6 Å². The summed E-state index contributed by atoms with van der Waals surface area (Å²) in [5.74, 6) is -0.610. The molecule has 0 aromatic carbocycles. The summed E-state index contributed by atoms with van der Waals surface area (Å²) in [6.45, 7) is 1.09. The second-order valence-corrected chi connectivity index (χ2v) is 2.61. The molecule has 0 bridgehead atoms. The van der Waals surface area contributed by atoms with Crippen LogP contribution in [-0.2, 0) is 14.3 Å². The van der Waals surface area contributed by atoms with Crippen molar-refractivity contribution in [2.24, 2.45) is 5.73 Å². The Hall–Kier alpha value is -0.650. The Morgan fingerprint density at radius 1 is 1.54 bits per heavy atom. The van der Waals surface area contributed by atoms with Crippen LogP contribution in [0, 0.1) is 0 Å². The monoisotopic (exact) mass is 191 g/mol. The molecule has 5 nitrogen and oxygen atoms in total. The summed E-state index contributed by atoms with van der Waals surface area (Å²) in [7, 11) is 1.57. The average molecular weight is 191 g/mol. The number of aliphatic hydroxyl groups excluding tert-OH is 1. The summed E-state index contributed by atoms with van der Waals surface area (Å²) < 4.78 is 9.49. The lowest BCUT2D eigenvalue weighted by molar-refractivity contribution is -0.154. The van der Waals surface area contributed by atoms with Gasteiger partial charge in [-0.05, 0) is 13.0 Å². The van der Waals surface area contributed by atoms with Crippen molar-refractivity contribution in [2.75, 3.05) is 26.9 Å². The van der Waals surface area contributed by atoms with Gasteiger partial charge in [-0.3, -0.25) is 0 Å². The Labute approximate surface area is 77.8 Å². The minimum Gasteiger partial charge on any atom is -0.464 e. The number of aliphatic hydroxyl groups is 1. The number of nitrogens with two attached hydrogens (primary N) is 1. The molecule has 5 heteroatoms. The minimum absolute atomic E-state index is 0.239. The lowest BCUT2D eigenvalue weighted by Gasteiger charge is -2.08. The fourth-order valence-corrected chi connectivity index (χ4v) is 0.748. The maximum atomic E-state index is 10.9. The third kappa shape index (κ3) is 6.51. The first-order valence-corrected chi connectivity index (χ1v) is 4.26. The Kier molecular flexibility index (Phi) is 7.57. The quantitative estimate of drug-likeness (QED) is 0.410. The van der Waals surface area contributed by atoms with E-state index in [9.17, 15) is 4.79 Å². The maximum absolute atomic E-state index is 10.9. The van der Waals surface area contributed by atoms with Crippen LogP contribution in [0.15, 0.2) is 0 Å². The molecule has 1 atom stereocenters. The predicted octanol–water partition coefficient (Wildman–Crippen LogP) is -0.724. The van der Waals surface area contributed by atoms with E-state index in [0.717, 1.165) is 0 Å². The standard InChI is InChI=1S/C8H17NO4/c1-12-5-2-6-13-8(11)7(10)3-4-9/h7,10H,2-6,9H2,1H3. The van der Waals surface area contributed by atoms with Gasteiger partial charge >= 0.3 is 5.97 Å². The van der Waals surface area contributed by atoms with Gasteiger partial charge in [0.05, 0.1) is 6.61 Å². The second-order valence-electron chi connectivity index (χ2n) is 2.61. The normalized spacial score (nSPS) is 12.5. The fraction of sp³-hybridized carbons (Fsp3) is 0.875. The van der Waals surface area contributed by atoms with Crippen LogP contribution in [0.3, 0.4) is 0 Å². The van der Waals surface area contributed by atoms with Gasteiger partial charge in [0.15, 0.2) is 6.10 Å². The third-order valence-electron chi connectivity index (χ3n) is 1.45. The van der Waals surface area contributed by atoms with E-state index in [1.54, 1.807) is 7.11 Å². The lowest BCUT2D eigenvalue weighted by atomic mass is 10.2. The molecule has 78 valence electrons. The topological polar surface area (TPSA) is 81.8 Å². The Bertz CT molecular complexity index is 140. The van der Waals surface area contributed by atoms with Crippen molar-refractivity contribution in [3.8, 4) is 0 Å². The Morgan fingerprint density at radius 2 is 2.23 bits per heavy atom. The molecule has 0 aromatic rings. The number of hydrogen-bond donors (Lipinski definition) is 2. The summed E-state index contributed by atoms with van der Waals surface area (Å²) in [6, 6.07) is 0. The van der Waals surface area contributed by atoms with Gasteiger partial charge in [0.25, 0.3) is 0 Å². The highest BCUT2D eigenvalue weighted by Crippen LogP contribution is 1.94. The van der Waals surface area contributed by atoms with E-state index in [4.69, 9.17) is 20.3 Å². The molecule has 0 rings (SSSR count). The lowest BCUT2D eigenvalue weighted by Crippen LogP contribution is -2.26. The van der Waals surface area contributed by atoms with Crippen LogP contribution in [0.1, 0.15) is 12.8 Å². The molecule has 0 aromatic heterocycles. The number of rotatable bonds is 7. The second kappa shape index (κ2) is 7.97. The van der Waals surface area contributed by atoms with Crippen molar-refractivity contribution in [3.05, 3.63) is 0 Å². The number of carbonyl (C=O) groups excluding carboxylic acids is 1. The number of ether oxygens (including phenoxy) is 2. The van der Waals surface area contributed by atoms with Gasteiger partial charge in [-0.1, -0.05) is 0 Å². The molecule has 0 heterocycles. The molecule has 0 aliphatic heterocycles. The van der Waals surface area contributed by atoms with Gasteiger partial charge in [-0.15, -0.1) is 0 Å². The summed E-state index contributed by atoms with van der Waals surface area (Å²) in [5.41, 5.74) is 5.16. The molecule has 0 radical (unpaired) electrons. The first kappa shape index (κ1) is 12.3. The van der Waals surface area contributed by atoms with Gasteiger partial charge in [0.2, 0.25) is 0 Å². The van der Waals surface area contributed by atoms with Crippen molar-refractivity contribution < 1.29 is 19.4 Å². The zero-order chi connectivity index (χ0) is 10.1. The van der Waals surface area contributed by atoms with Gasteiger partial charge < -0.3 is 20.3 Å². The molecular formula is C8H17NO4. The van der Waals surface area contributed by atoms with Crippen molar-refractivity contribution in [3.63, 3.8) is 0 Å². The summed E-state index contributed by atoms with van der Waals surface area (Å²) >= 11 is 0. The molecule has 0 saturated carbocycles. The van der Waals surface area contributed by atoms with E-state index in [2.05, 4.69) is 0 Å². The Morgan fingerprint density at radius 3 is 2.77 bits per heavy atom. The molecule has 0 fully saturated rings. The van der Waals surface area contributed by atoms with E-state index >= 15 is 0 Å². The van der Waals surface area contributed by atoms with Crippen LogP contribution in [0.4, 0.5) is 0 Å². The number of hydrogen-bond acceptors (Lipinski definition) is 5. The maximum Gasteiger partial charge on any atom is 0.335 e. The van der Waals surface area contributed by atoms with Crippen LogP contribution < -0.4 is 5.73 Å². The van der Waals surface area contributed by atoms with Crippen LogP contribution in [0.25, 0.3) is 0 Å². The third-order valence-corrected chi connectivity index (χ3v) is 1.45. The van der Waals surface area contributed by atoms with Crippen molar-refractivity contribution in [1.29, 1.82) is 0 Å². The summed E-state index contributed by atoms with van der Waals surface area (Å²) in [5, 5.41) is 9.09. The first-order chi connectivity index (χ1) is 6.22. The van der Waals surface area contributed by atoms with Crippen LogP contribution in [0.2, 0.25) is 0 Å². The summed E-state index contributed by atoms with van der Waals surface area (Å²) in [6.07, 6.45) is -0.215. The molecule has 3 N–H and O–H groups in total. The van der Waals surface area contributed by atoms with Crippen molar-refractivity contribution in [1.82, 2.24) is 0 Å². The largest absolute Gasteiger partial charge is 0.464 e. The predicted molar refractivity (Wildman–Crippen MR) is 47.1 cm³/mol. The molecule has 0 spiro atoms. The van der Waals surface area contributed by atoms with Gasteiger partial charge in [0, 0.05) is 20.1 Å². The number of carbonyl (C=O) groups is 1. The molecule has 0 amide bonds. The molecule has 0 saturated heterocycles. The van der Waals surface area contributed by atoms with E-state index in [0.29, 0.717) is 13.0 Å².